The van der Waals surface area contributed by atoms with Gasteiger partial charge in [0.05, 0.1) is 18.2 Å². The first-order valence-electron chi connectivity index (χ1n) is 6.90. The molecule has 5 heteroatoms. The first-order valence-corrected chi connectivity index (χ1v) is 6.90. The third-order valence-electron chi connectivity index (χ3n) is 3.92. The Morgan fingerprint density at radius 3 is 2.86 bits per heavy atom. The summed E-state index contributed by atoms with van der Waals surface area (Å²) < 4.78 is 4.80. The van der Waals surface area contributed by atoms with Gasteiger partial charge in [-0.15, -0.1) is 0 Å². The van der Waals surface area contributed by atoms with Gasteiger partial charge in [-0.25, -0.2) is 4.79 Å². The average molecular weight is 284 g/mol. The molecule has 1 unspecified atom stereocenters. The standard InChI is InChI=1S/C16H16N2O3/c1-10-6-8-18(15(10)19)11-3-4-14-13(9-11)12(5-7-17-14)16(20)21-2/h3-5,7,9-10H,6,8H2,1-2H3. The summed E-state index contributed by atoms with van der Waals surface area (Å²) >= 11 is 0. The van der Waals surface area contributed by atoms with Crippen molar-refractivity contribution in [2.45, 2.75) is 13.3 Å². The van der Waals surface area contributed by atoms with Crippen molar-refractivity contribution in [3.8, 4) is 0 Å². The van der Waals surface area contributed by atoms with Crippen LogP contribution in [-0.4, -0.2) is 30.5 Å². The van der Waals surface area contributed by atoms with Crippen LogP contribution in [0.4, 0.5) is 5.69 Å². The van der Waals surface area contributed by atoms with Crippen molar-refractivity contribution in [1.82, 2.24) is 4.98 Å². The van der Waals surface area contributed by atoms with Crippen LogP contribution in [0.3, 0.4) is 0 Å². The molecule has 1 atom stereocenters. The molecular formula is C16H16N2O3. The van der Waals surface area contributed by atoms with Crippen LogP contribution in [0.5, 0.6) is 0 Å². The molecule has 0 N–H and O–H groups in total. The summed E-state index contributed by atoms with van der Waals surface area (Å²) in [6.45, 7) is 2.64. The molecular weight excluding hydrogens is 268 g/mol. The number of pyridine rings is 1. The van der Waals surface area contributed by atoms with Crippen molar-refractivity contribution >= 4 is 28.5 Å². The fourth-order valence-electron chi connectivity index (χ4n) is 2.67. The van der Waals surface area contributed by atoms with Crippen molar-refractivity contribution in [2.24, 2.45) is 5.92 Å². The molecule has 21 heavy (non-hydrogen) atoms. The summed E-state index contributed by atoms with van der Waals surface area (Å²) in [6.07, 6.45) is 2.44. The normalized spacial score (nSPS) is 18.3. The SMILES string of the molecule is COC(=O)c1ccnc2ccc(N3CCC(C)C3=O)cc12. The van der Waals surface area contributed by atoms with E-state index in [1.54, 1.807) is 17.2 Å². The van der Waals surface area contributed by atoms with Crippen molar-refractivity contribution in [3.05, 3.63) is 36.0 Å². The van der Waals surface area contributed by atoms with Crippen LogP contribution in [0, 0.1) is 5.92 Å². The van der Waals surface area contributed by atoms with Crippen molar-refractivity contribution in [2.75, 3.05) is 18.6 Å². The summed E-state index contributed by atoms with van der Waals surface area (Å²) in [5.74, 6) is -0.229. The van der Waals surface area contributed by atoms with Gasteiger partial charge in [0.25, 0.3) is 0 Å². The zero-order valence-electron chi connectivity index (χ0n) is 12.0. The van der Waals surface area contributed by atoms with Gasteiger partial charge in [0.2, 0.25) is 5.91 Å². The average Bonchev–Trinajstić information content (AvgIpc) is 2.85. The van der Waals surface area contributed by atoms with E-state index in [1.165, 1.54) is 7.11 Å². The molecule has 0 bridgehead atoms. The Bertz CT molecular complexity index is 727. The lowest BCUT2D eigenvalue weighted by atomic mass is 10.1. The van der Waals surface area contributed by atoms with Gasteiger partial charge >= 0.3 is 5.97 Å². The first kappa shape index (κ1) is 13.5. The van der Waals surface area contributed by atoms with Gasteiger partial charge in [-0.2, -0.15) is 0 Å². The summed E-state index contributed by atoms with van der Waals surface area (Å²) in [4.78, 5) is 30.0. The van der Waals surface area contributed by atoms with Gasteiger partial charge in [-0.3, -0.25) is 9.78 Å². The topological polar surface area (TPSA) is 59.5 Å². The van der Waals surface area contributed by atoms with Crippen molar-refractivity contribution in [1.29, 1.82) is 0 Å². The molecule has 2 heterocycles. The third-order valence-corrected chi connectivity index (χ3v) is 3.92. The predicted molar refractivity (Wildman–Crippen MR) is 79.2 cm³/mol. The molecule has 0 spiro atoms. The van der Waals surface area contributed by atoms with E-state index < -0.39 is 5.97 Å². The van der Waals surface area contributed by atoms with Crippen LogP contribution in [0.25, 0.3) is 10.9 Å². The van der Waals surface area contributed by atoms with E-state index in [2.05, 4.69) is 4.98 Å². The number of hydrogen-bond donors (Lipinski definition) is 0. The summed E-state index contributed by atoms with van der Waals surface area (Å²) in [5.41, 5.74) is 1.97. The van der Waals surface area contributed by atoms with E-state index >= 15 is 0 Å². The number of aromatic nitrogens is 1. The highest BCUT2D eigenvalue weighted by Gasteiger charge is 2.29. The molecule has 3 rings (SSSR count). The molecule has 1 aromatic carbocycles. The summed E-state index contributed by atoms with van der Waals surface area (Å²) in [7, 11) is 1.35. The van der Waals surface area contributed by atoms with Crippen LogP contribution in [0.2, 0.25) is 0 Å². The zero-order valence-corrected chi connectivity index (χ0v) is 12.0. The van der Waals surface area contributed by atoms with E-state index in [1.807, 2.05) is 25.1 Å². The molecule has 1 amide bonds. The Morgan fingerprint density at radius 1 is 1.38 bits per heavy atom. The first-order chi connectivity index (χ1) is 10.1. The van der Waals surface area contributed by atoms with Gasteiger partial charge in [0, 0.05) is 29.7 Å². The lowest BCUT2D eigenvalue weighted by molar-refractivity contribution is -0.119. The molecule has 1 aliphatic rings. The molecule has 108 valence electrons. The number of fused-ring (bicyclic) bond motifs is 1. The minimum Gasteiger partial charge on any atom is -0.465 e. The minimum absolute atomic E-state index is 0.0506. The van der Waals surface area contributed by atoms with Crippen LogP contribution >= 0.6 is 0 Å². The van der Waals surface area contributed by atoms with Crippen LogP contribution in [0.15, 0.2) is 30.5 Å². The smallest absolute Gasteiger partial charge is 0.338 e. The Balaban J connectivity index is 2.11. The Labute approximate surface area is 122 Å². The maximum atomic E-state index is 12.1. The number of carbonyl (C=O) groups is 2. The lowest BCUT2D eigenvalue weighted by Crippen LogP contribution is -2.26. The quantitative estimate of drug-likeness (QED) is 0.794. The van der Waals surface area contributed by atoms with E-state index in [-0.39, 0.29) is 11.8 Å². The molecule has 0 saturated carbocycles. The highest BCUT2D eigenvalue weighted by molar-refractivity contribution is 6.05. The lowest BCUT2D eigenvalue weighted by Gasteiger charge is -2.17. The fourth-order valence-corrected chi connectivity index (χ4v) is 2.67. The molecule has 0 radical (unpaired) electrons. The number of methoxy groups -OCH3 is 1. The number of benzene rings is 1. The predicted octanol–water partition coefficient (Wildman–Crippen LogP) is 2.39. The number of esters is 1. The second-order valence-corrected chi connectivity index (χ2v) is 5.23. The van der Waals surface area contributed by atoms with Crippen LogP contribution in [0.1, 0.15) is 23.7 Å². The molecule has 1 aromatic heterocycles. The molecule has 1 fully saturated rings. The number of hydrogen-bond acceptors (Lipinski definition) is 4. The Morgan fingerprint density at radius 2 is 2.19 bits per heavy atom. The molecule has 1 aliphatic heterocycles. The van der Waals surface area contributed by atoms with Gasteiger partial charge in [0.1, 0.15) is 0 Å². The van der Waals surface area contributed by atoms with Gasteiger partial charge in [-0.1, -0.05) is 6.92 Å². The number of amides is 1. The second-order valence-electron chi connectivity index (χ2n) is 5.23. The second kappa shape index (κ2) is 5.16. The number of carbonyl (C=O) groups excluding carboxylic acids is 2. The molecule has 0 aliphatic carbocycles. The Kier molecular flexibility index (Phi) is 3.33. The largest absolute Gasteiger partial charge is 0.465 e. The number of rotatable bonds is 2. The fraction of sp³-hybridized carbons (Fsp3) is 0.312. The summed E-state index contributed by atoms with van der Waals surface area (Å²) in [6, 6.07) is 7.16. The number of ether oxygens (including phenoxy) is 1. The Hall–Kier alpha value is -2.43. The highest BCUT2D eigenvalue weighted by Crippen LogP contribution is 2.28. The maximum Gasteiger partial charge on any atom is 0.338 e. The van der Waals surface area contributed by atoms with Gasteiger partial charge < -0.3 is 9.64 Å². The molecule has 2 aromatic rings. The van der Waals surface area contributed by atoms with Crippen molar-refractivity contribution < 1.29 is 14.3 Å². The van der Waals surface area contributed by atoms with E-state index in [0.29, 0.717) is 23.0 Å². The summed E-state index contributed by atoms with van der Waals surface area (Å²) in [5, 5.41) is 0.703. The van der Waals surface area contributed by atoms with Crippen LogP contribution in [-0.2, 0) is 9.53 Å². The van der Waals surface area contributed by atoms with Gasteiger partial charge in [-0.05, 0) is 30.7 Å². The van der Waals surface area contributed by atoms with E-state index in [0.717, 1.165) is 12.1 Å². The molecule has 5 nitrogen and oxygen atoms in total. The minimum atomic E-state index is -0.402. The zero-order chi connectivity index (χ0) is 15.0. The van der Waals surface area contributed by atoms with Crippen molar-refractivity contribution in [3.63, 3.8) is 0 Å². The number of nitrogens with zero attached hydrogens (tertiary/aromatic N) is 2. The monoisotopic (exact) mass is 284 g/mol. The van der Waals surface area contributed by atoms with E-state index in [9.17, 15) is 9.59 Å². The number of anilines is 1. The molecule has 1 saturated heterocycles. The van der Waals surface area contributed by atoms with E-state index in [4.69, 9.17) is 4.74 Å². The van der Waals surface area contributed by atoms with Gasteiger partial charge in [0.15, 0.2) is 0 Å². The maximum absolute atomic E-state index is 12.1. The van der Waals surface area contributed by atoms with Crippen LogP contribution < -0.4 is 4.90 Å². The highest BCUT2D eigenvalue weighted by atomic mass is 16.5. The third kappa shape index (κ3) is 2.24.